The minimum atomic E-state index is -0.0313. The van der Waals surface area contributed by atoms with Crippen LogP contribution in [0, 0.1) is 5.92 Å². The van der Waals surface area contributed by atoms with Crippen molar-refractivity contribution in [2.24, 2.45) is 5.92 Å². The molecular formula is C16H34N2O. The molecule has 2 unspecified atom stereocenters. The number of likely N-dealkylation sites (N-methyl/N-ethyl adjacent to an activating group) is 1. The smallest absolute Gasteiger partial charge is 0.239 e. The zero-order valence-corrected chi connectivity index (χ0v) is 13.8. The van der Waals surface area contributed by atoms with Crippen LogP contribution in [0.4, 0.5) is 0 Å². The maximum Gasteiger partial charge on any atom is 0.239 e. The molecule has 0 spiro atoms. The summed E-state index contributed by atoms with van der Waals surface area (Å²) in [6, 6.07) is 0.390. The summed E-state index contributed by atoms with van der Waals surface area (Å²) < 4.78 is 0. The van der Waals surface area contributed by atoms with E-state index in [1.165, 1.54) is 25.7 Å². The summed E-state index contributed by atoms with van der Waals surface area (Å²) in [5, 5.41) is 3.52. The van der Waals surface area contributed by atoms with Gasteiger partial charge in [0.1, 0.15) is 0 Å². The van der Waals surface area contributed by atoms with Crippen LogP contribution in [0.15, 0.2) is 0 Å². The molecule has 114 valence electrons. The molecule has 2 atom stereocenters. The number of unbranched alkanes of at least 4 members (excludes halogenated alkanes) is 3. The van der Waals surface area contributed by atoms with E-state index in [4.69, 9.17) is 0 Å². The van der Waals surface area contributed by atoms with Gasteiger partial charge in [-0.2, -0.15) is 0 Å². The highest BCUT2D eigenvalue weighted by Crippen LogP contribution is 2.11. The Morgan fingerprint density at radius 2 is 1.74 bits per heavy atom. The van der Waals surface area contributed by atoms with E-state index in [9.17, 15) is 4.79 Å². The van der Waals surface area contributed by atoms with Crippen molar-refractivity contribution in [3.8, 4) is 0 Å². The Hall–Kier alpha value is -0.570. The van der Waals surface area contributed by atoms with Crippen molar-refractivity contribution in [2.45, 2.75) is 78.3 Å². The summed E-state index contributed by atoms with van der Waals surface area (Å²) in [4.78, 5) is 13.9. The Morgan fingerprint density at radius 3 is 2.21 bits per heavy atom. The van der Waals surface area contributed by atoms with E-state index in [-0.39, 0.29) is 11.9 Å². The first kappa shape index (κ1) is 18.4. The van der Waals surface area contributed by atoms with Gasteiger partial charge in [-0.1, -0.05) is 46.5 Å². The highest BCUT2D eigenvalue weighted by atomic mass is 16.2. The van der Waals surface area contributed by atoms with Crippen LogP contribution in [0.3, 0.4) is 0 Å². The van der Waals surface area contributed by atoms with Crippen LogP contribution in [0.1, 0.15) is 66.2 Å². The largest absolute Gasteiger partial charge is 0.347 e. The van der Waals surface area contributed by atoms with Gasteiger partial charge in [0, 0.05) is 20.1 Å². The lowest BCUT2D eigenvalue weighted by Gasteiger charge is -2.26. The van der Waals surface area contributed by atoms with Gasteiger partial charge in [-0.25, -0.2) is 0 Å². The van der Waals surface area contributed by atoms with Gasteiger partial charge in [-0.15, -0.1) is 0 Å². The molecule has 0 aromatic carbocycles. The van der Waals surface area contributed by atoms with Crippen molar-refractivity contribution < 1.29 is 4.79 Å². The first-order valence-electron chi connectivity index (χ1n) is 7.85. The molecule has 19 heavy (non-hydrogen) atoms. The van der Waals surface area contributed by atoms with Gasteiger partial charge in [0.05, 0.1) is 6.04 Å². The van der Waals surface area contributed by atoms with Gasteiger partial charge in [0.15, 0.2) is 0 Å². The summed E-state index contributed by atoms with van der Waals surface area (Å²) in [6.07, 6.45) is 7.23. The van der Waals surface area contributed by atoms with Crippen molar-refractivity contribution in [3.63, 3.8) is 0 Å². The third-order valence-corrected chi connectivity index (χ3v) is 3.42. The predicted molar refractivity (Wildman–Crippen MR) is 83.3 cm³/mol. The second kappa shape index (κ2) is 10.2. The van der Waals surface area contributed by atoms with E-state index in [0.717, 1.165) is 12.8 Å². The molecular weight excluding hydrogens is 236 g/mol. The Morgan fingerprint density at radius 1 is 1.11 bits per heavy atom. The van der Waals surface area contributed by atoms with Crippen molar-refractivity contribution in [2.75, 3.05) is 14.1 Å². The normalized spacial score (nSPS) is 14.5. The molecule has 3 heteroatoms. The third-order valence-electron chi connectivity index (χ3n) is 3.42. The summed E-state index contributed by atoms with van der Waals surface area (Å²) in [7, 11) is 3.67. The molecule has 0 fully saturated rings. The van der Waals surface area contributed by atoms with E-state index in [1.54, 1.807) is 4.90 Å². The first-order valence-corrected chi connectivity index (χ1v) is 7.85. The van der Waals surface area contributed by atoms with Gasteiger partial charge < -0.3 is 10.2 Å². The Bertz CT molecular complexity index is 239. The molecule has 0 aromatic heterocycles. The Labute approximate surface area is 120 Å². The second-order valence-electron chi connectivity index (χ2n) is 6.33. The van der Waals surface area contributed by atoms with Crippen LogP contribution in [-0.4, -0.2) is 37.0 Å². The minimum absolute atomic E-state index is 0.0313. The van der Waals surface area contributed by atoms with Crippen LogP contribution in [0.2, 0.25) is 0 Å². The maximum absolute atomic E-state index is 12.2. The molecule has 0 bridgehead atoms. The van der Waals surface area contributed by atoms with Crippen LogP contribution >= 0.6 is 0 Å². The van der Waals surface area contributed by atoms with E-state index in [1.807, 2.05) is 14.1 Å². The summed E-state index contributed by atoms with van der Waals surface area (Å²) in [5.41, 5.74) is 0. The van der Waals surface area contributed by atoms with Crippen molar-refractivity contribution in [1.29, 1.82) is 0 Å². The van der Waals surface area contributed by atoms with Crippen LogP contribution in [0.25, 0.3) is 0 Å². The quantitative estimate of drug-likeness (QED) is 0.617. The van der Waals surface area contributed by atoms with Crippen LogP contribution < -0.4 is 5.32 Å². The molecule has 0 aliphatic heterocycles. The van der Waals surface area contributed by atoms with E-state index in [2.05, 4.69) is 33.0 Å². The Kier molecular flexibility index (Phi) is 9.94. The fourth-order valence-corrected chi connectivity index (χ4v) is 2.33. The van der Waals surface area contributed by atoms with Gasteiger partial charge in [-0.05, 0) is 25.7 Å². The SMILES string of the molecule is CCCCCCC(C)NC(CC(C)C)C(=O)N(C)C. The molecule has 1 N–H and O–H groups in total. The minimum Gasteiger partial charge on any atom is -0.347 e. The summed E-state index contributed by atoms with van der Waals surface area (Å²) >= 11 is 0. The number of hydrogen-bond donors (Lipinski definition) is 1. The molecule has 0 saturated carbocycles. The molecule has 0 saturated heterocycles. The molecule has 0 radical (unpaired) electrons. The van der Waals surface area contributed by atoms with Gasteiger partial charge in [0.2, 0.25) is 5.91 Å². The average molecular weight is 270 g/mol. The number of carbonyl (C=O) groups excluding carboxylic acids is 1. The maximum atomic E-state index is 12.2. The highest BCUT2D eigenvalue weighted by molar-refractivity contribution is 5.81. The highest BCUT2D eigenvalue weighted by Gasteiger charge is 2.22. The van der Waals surface area contributed by atoms with E-state index < -0.39 is 0 Å². The second-order valence-corrected chi connectivity index (χ2v) is 6.33. The first-order chi connectivity index (χ1) is 8.88. The van der Waals surface area contributed by atoms with Crippen molar-refractivity contribution in [1.82, 2.24) is 10.2 Å². The predicted octanol–water partition coefficient (Wildman–Crippen LogP) is 3.44. The van der Waals surface area contributed by atoms with Crippen molar-refractivity contribution >= 4 is 5.91 Å². The van der Waals surface area contributed by atoms with Crippen LogP contribution in [0.5, 0.6) is 0 Å². The standard InChI is InChI=1S/C16H34N2O/c1-7-8-9-10-11-14(4)17-15(12-13(2)3)16(19)18(5)6/h13-15,17H,7-12H2,1-6H3. The molecule has 0 aliphatic carbocycles. The number of amides is 1. The topological polar surface area (TPSA) is 32.3 Å². The number of carbonyl (C=O) groups is 1. The lowest BCUT2D eigenvalue weighted by atomic mass is 10.0. The molecule has 1 amide bonds. The number of nitrogens with one attached hydrogen (secondary N) is 1. The zero-order valence-electron chi connectivity index (χ0n) is 13.8. The Balaban J connectivity index is 4.19. The van der Waals surface area contributed by atoms with E-state index in [0.29, 0.717) is 12.0 Å². The number of hydrogen-bond acceptors (Lipinski definition) is 2. The van der Waals surface area contributed by atoms with Gasteiger partial charge >= 0.3 is 0 Å². The van der Waals surface area contributed by atoms with Gasteiger partial charge in [0.25, 0.3) is 0 Å². The number of nitrogens with zero attached hydrogens (tertiary/aromatic N) is 1. The lowest BCUT2D eigenvalue weighted by Crippen LogP contribution is -2.47. The monoisotopic (exact) mass is 270 g/mol. The van der Waals surface area contributed by atoms with Gasteiger partial charge in [-0.3, -0.25) is 4.79 Å². The molecule has 0 rings (SSSR count). The lowest BCUT2D eigenvalue weighted by molar-refractivity contribution is -0.131. The van der Waals surface area contributed by atoms with Crippen LogP contribution in [-0.2, 0) is 4.79 Å². The van der Waals surface area contributed by atoms with E-state index >= 15 is 0 Å². The fourth-order valence-electron chi connectivity index (χ4n) is 2.33. The zero-order chi connectivity index (χ0) is 14.8. The van der Waals surface area contributed by atoms with Crippen molar-refractivity contribution in [3.05, 3.63) is 0 Å². The number of rotatable bonds is 10. The molecule has 0 aromatic rings. The molecule has 0 aliphatic rings. The molecule has 3 nitrogen and oxygen atoms in total. The third kappa shape index (κ3) is 9.04. The molecule has 0 heterocycles. The average Bonchev–Trinajstić information content (AvgIpc) is 2.32. The summed E-state index contributed by atoms with van der Waals surface area (Å²) in [5.74, 6) is 0.739. The summed E-state index contributed by atoms with van der Waals surface area (Å²) in [6.45, 7) is 8.77. The fraction of sp³-hybridized carbons (Fsp3) is 0.938.